The standard InChI is InChI=1S/C8H19O4P/c1-2-3-4-5-6-7-8-11-12-13(9)10/h9-10H,2-8H2,1H3. The molecular weight excluding hydrogens is 191 g/mol. The van der Waals surface area contributed by atoms with Crippen LogP contribution >= 0.6 is 8.60 Å². The van der Waals surface area contributed by atoms with Crippen molar-refractivity contribution >= 4 is 8.60 Å². The molecule has 0 aromatic heterocycles. The van der Waals surface area contributed by atoms with Crippen molar-refractivity contribution in [1.29, 1.82) is 0 Å². The van der Waals surface area contributed by atoms with Crippen LogP contribution in [0.3, 0.4) is 0 Å². The smallest absolute Gasteiger partial charge is 0.327 e. The molecule has 0 spiro atoms. The molecule has 5 heteroatoms. The predicted molar refractivity (Wildman–Crippen MR) is 51.8 cm³/mol. The Labute approximate surface area is 80.8 Å². The maximum atomic E-state index is 8.30. The quantitative estimate of drug-likeness (QED) is 0.266. The molecule has 0 rings (SSSR count). The van der Waals surface area contributed by atoms with Gasteiger partial charge >= 0.3 is 8.60 Å². The molecular formula is C8H19O4P. The van der Waals surface area contributed by atoms with Crippen molar-refractivity contribution < 1.29 is 19.3 Å². The third-order valence-corrected chi connectivity index (χ3v) is 1.94. The molecule has 0 saturated carbocycles. The van der Waals surface area contributed by atoms with Gasteiger partial charge in [-0.25, -0.2) is 4.89 Å². The minimum absolute atomic E-state index is 0.437. The van der Waals surface area contributed by atoms with Gasteiger partial charge < -0.3 is 9.79 Å². The molecule has 0 aliphatic rings. The lowest BCUT2D eigenvalue weighted by molar-refractivity contribution is -0.213. The summed E-state index contributed by atoms with van der Waals surface area (Å²) in [6.07, 6.45) is 7.04. The van der Waals surface area contributed by atoms with Gasteiger partial charge in [0, 0.05) is 0 Å². The molecule has 13 heavy (non-hydrogen) atoms. The summed E-state index contributed by atoms with van der Waals surface area (Å²) in [5.74, 6) is 0. The van der Waals surface area contributed by atoms with Gasteiger partial charge in [-0.1, -0.05) is 39.0 Å². The van der Waals surface area contributed by atoms with Gasteiger partial charge in [-0.05, 0) is 6.42 Å². The molecule has 2 N–H and O–H groups in total. The van der Waals surface area contributed by atoms with E-state index in [0.717, 1.165) is 12.8 Å². The Morgan fingerprint density at radius 3 is 2.23 bits per heavy atom. The number of unbranched alkanes of at least 4 members (excludes halogenated alkanes) is 5. The highest BCUT2D eigenvalue weighted by Crippen LogP contribution is 2.24. The highest BCUT2D eigenvalue weighted by molar-refractivity contribution is 7.39. The Kier molecular flexibility index (Phi) is 10.6. The van der Waals surface area contributed by atoms with Crippen molar-refractivity contribution in [2.24, 2.45) is 0 Å². The van der Waals surface area contributed by atoms with Crippen LogP contribution in [0.4, 0.5) is 0 Å². The van der Waals surface area contributed by atoms with Gasteiger partial charge in [0.05, 0.1) is 6.61 Å². The van der Waals surface area contributed by atoms with Crippen LogP contribution in [0.15, 0.2) is 0 Å². The van der Waals surface area contributed by atoms with Gasteiger partial charge in [0.15, 0.2) is 0 Å². The molecule has 4 nitrogen and oxygen atoms in total. The minimum Gasteiger partial charge on any atom is -0.327 e. The van der Waals surface area contributed by atoms with E-state index in [1.807, 2.05) is 0 Å². The number of hydrogen-bond acceptors (Lipinski definition) is 4. The van der Waals surface area contributed by atoms with E-state index in [1.54, 1.807) is 0 Å². The second-order valence-electron chi connectivity index (χ2n) is 2.92. The maximum absolute atomic E-state index is 8.30. The molecule has 0 heterocycles. The van der Waals surface area contributed by atoms with Crippen LogP contribution < -0.4 is 0 Å². The molecule has 0 saturated heterocycles. The SMILES string of the molecule is CCCCCCCCOOP(O)O. The fourth-order valence-electron chi connectivity index (χ4n) is 1.03. The van der Waals surface area contributed by atoms with Crippen LogP contribution in [0.1, 0.15) is 45.4 Å². The molecule has 0 unspecified atom stereocenters. The van der Waals surface area contributed by atoms with E-state index in [-0.39, 0.29) is 0 Å². The highest BCUT2D eigenvalue weighted by atomic mass is 31.2. The highest BCUT2D eigenvalue weighted by Gasteiger charge is 1.98. The molecule has 0 amide bonds. The monoisotopic (exact) mass is 210 g/mol. The molecule has 0 aromatic rings. The summed E-state index contributed by atoms with van der Waals surface area (Å²) < 4.78 is 4.15. The molecule has 0 fully saturated rings. The van der Waals surface area contributed by atoms with Crippen molar-refractivity contribution in [2.75, 3.05) is 6.61 Å². The Morgan fingerprint density at radius 2 is 1.62 bits per heavy atom. The van der Waals surface area contributed by atoms with Crippen molar-refractivity contribution in [2.45, 2.75) is 45.4 Å². The predicted octanol–water partition coefficient (Wildman–Crippen LogP) is 2.51. The van der Waals surface area contributed by atoms with Gasteiger partial charge in [0.2, 0.25) is 0 Å². The fourth-order valence-corrected chi connectivity index (χ4v) is 1.19. The first-order valence-electron chi connectivity index (χ1n) is 4.75. The number of hydrogen-bond donors (Lipinski definition) is 2. The Morgan fingerprint density at radius 1 is 1.00 bits per heavy atom. The third kappa shape index (κ3) is 12.3. The van der Waals surface area contributed by atoms with Crippen LogP contribution in [-0.2, 0) is 9.56 Å². The zero-order valence-corrected chi connectivity index (χ0v) is 9.00. The van der Waals surface area contributed by atoms with Crippen molar-refractivity contribution in [3.63, 3.8) is 0 Å². The van der Waals surface area contributed by atoms with Crippen LogP contribution in [0.2, 0.25) is 0 Å². The summed E-state index contributed by atoms with van der Waals surface area (Å²) in [5.41, 5.74) is 0. The van der Waals surface area contributed by atoms with E-state index >= 15 is 0 Å². The molecule has 0 atom stereocenters. The van der Waals surface area contributed by atoms with Crippen LogP contribution in [0.25, 0.3) is 0 Å². The first kappa shape index (κ1) is 13.3. The van der Waals surface area contributed by atoms with Crippen molar-refractivity contribution in [1.82, 2.24) is 0 Å². The lowest BCUT2D eigenvalue weighted by atomic mass is 10.1. The second kappa shape index (κ2) is 10.4. The van der Waals surface area contributed by atoms with Gasteiger partial charge in [0.25, 0.3) is 0 Å². The van der Waals surface area contributed by atoms with E-state index in [4.69, 9.17) is 9.79 Å². The normalized spacial score (nSPS) is 11.1. The van der Waals surface area contributed by atoms with E-state index in [1.165, 1.54) is 25.7 Å². The van der Waals surface area contributed by atoms with Gasteiger partial charge in [0.1, 0.15) is 0 Å². The maximum Gasteiger partial charge on any atom is 0.357 e. The molecule has 0 bridgehead atoms. The average molecular weight is 210 g/mol. The first-order chi connectivity index (χ1) is 6.27. The van der Waals surface area contributed by atoms with E-state index < -0.39 is 8.60 Å². The summed E-state index contributed by atoms with van der Waals surface area (Å²) in [6.45, 7) is 2.62. The topological polar surface area (TPSA) is 58.9 Å². The van der Waals surface area contributed by atoms with Crippen LogP contribution in [0, 0.1) is 0 Å². The molecule has 80 valence electrons. The summed E-state index contributed by atoms with van der Waals surface area (Å²) in [6, 6.07) is 0. The Balaban J connectivity index is 2.84. The summed E-state index contributed by atoms with van der Waals surface area (Å²) >= 11 is 0. The fraction of sp³-hybridized carbons (Fsp3) is 1.00. The molecule has 0 aliphatic carbocycles. The zero-order chi connectivity index (χ0) is 9.94. The summed E-state index contributed by atoms with van der Waals surface area (Å²) in [7, 11) is -2.35. The van der Waals surface area contributed by atoms with E-state index in [2.05, 4.69) is 16.5 Å². The summed E-state index contributed by atoms with van der Waals surface area (Å²) in [5, 5.41) is 0. The molecule has 0 radical (unpaired) electrons. The largest absolute Gasteiger partial charge is 0.357 e. The Bertz CT molecular complexity index is 100. The minimum atomic E-state index is -2.35. The van der Waals surface area contributed by atoms with Crippen LogP contribution in [0.5, 0.6) is 0 Å². The van der Waals surface area contributed by atoms with Gasteiger partial charge in [-0.3, -0.25) is 0 Å². The van der Waals surface area contributed by atoms with Crippen LogP contribution in [-0.4, -0.2) is 16.4 Å². The zero-order valence-electron chi connectivity index (χ0n) is 8.11. The number of rotatable bonds is 9. The average Bonchev–Trinajstić information content (AvgIpc) is 2.09. The first-order valence-corrected chi connectivity index (χ1v) is 5.91. The van der Waals surface area contributed by atoms with Crippen molar-refractivity contribution in [3.05, 3.63) is 0 Å². The van der Waals surface area contributed by atoms with Gasteiger partial charge in [-0.15, -0.1) is 0 Å². The third-order valence-electron chi connectivity index (χ3n) is 1.70. The molecule has 0 aliphatic heterocycles. The lowest BCUT2D eigenvalue weighted by Crippen LogP contribution is -1.93. The Hall–Kier alpha value is 0.270. The molecule has 0 aromatic carbocycles. The summed E-state index contributed by atoms with van der Waals surface area (Å²) in [4.78, 5) is 21.1. The van der Waals surface area contributed by atoms with Crippen molar-refractivity contribution in [3.8, 4) is 0 Å². The second-order valence-corrected chi connectivity index (χ2v) is 3.57. The van der Waals surface area contributed by atoms with E-state index in [9.17, 15) is 0 Å². The lowest BCUT2D eigenvalue weighted by Gasteiger charge is -2.03. The van der Waals surface area contributed by atoms with E-state index in [0.29, 0.717) is 6.61 Å². The van der Waals surface area contributed by atoms with Gasteiger partial charge in [-0.2, -0.15) is 4.67 Å².